The second kappa shape index (κ2) is 5.85. The third-order valence-corrected chi connectivity index (χ3v) is 3.34. The Morgan fingerprint density at radius 3 is 2.35 bits per heavy atom. The van der Waals surface area contributed by atoms with Crippen molar-refractivity contribution >= 4 is 5.91 Å². The van der Waals surface area contributed by atoms with E-state index >= 15 is 0 Å². The van der Waals surface area contributed by atoms with Gasteiger partial charge in [-0.3, -0.25) is 4.79 Å². The summed E-state index contributed by atoms with van der Waals surface area (Å²) in [5.74, 6) is 0.996. The first-order chi connectivity index (χ1) is 7.79. The number of hydrogen-bond donors (Lipinski definition) is 1. The maximum atomic E-state index is 12.3. The number of nitrogens with zero attached hydrogens (tertiary/aromatic N) is 1. The van der Waals surface area contributed by atoms with Crippen LogP contribution in [-0.4, -0.2) is 37.0 Å². The number of hydrogen-bond acceptors (Lipinski definition) is 2. The summed E-state index contributed by atoms with van der Waals surface area (Å²) in [5.41, 5.74) is -0.114. The zero-order valence-corrected chi connectivity index (χ0v) is 12.0. The van der Waals surface area contributed by atoms with E-state index in [0.717, 1.165) is 13.0 Å². The Morgan fingerprint density at radius 1 is 1.24 bits per heavy atom. The van der Waals surface area contributed by atoms with Crippen LogP contribution >= 0.6 is 0 Å². The normalized spacial score (nSPS) is 26.0. The van der Waals surface area contributed by atoms with Gasteiger partial charge in [0.2, 0.25) is 5.91 Å². The molecule has 0 radical (unpaired) electrons. The van der Waals surface area contributed by atoms with Crippen molar-refractivity contribution in [3.8, 4) is 0 Å². The largest absolute Gasteiger partial charge is 0.351 e. The fraction of sp³-hybridized carbons (Fsp3) is 0.929. The van der Waals surface area contributed by atoms with Gasteiger partial charge in [0.1, 0.15) is 0 Å². The Morgan fingerprint density at radius 2 is 1.82 bits per heavy atom. The average Bonchev–Trinajstić information content (AvgIpc) is 2.14. The molecule has 2 unspecified atom stereocenters. The van der Waals surface area contributed by atoms with Crippen molar-refractivity contribution in [1.82, 2.24) is 10.2 Å². The second-order valence-electron chi connectivity index (χ2n) is 6.65. The van der Waals surface area contributed by atoms with Gasteiger partial charge in [0.25, 0.3) is 0 Å². The number of carbonyl (C=O) groups is 1. The minimum Gasteiger partial charge on any atom is -0.351 e. The first-order valence-electron chi connectivity index (χ1n) is 6.76. The van der Waals surface area contributed by atoms with Crippen LogP contribution in [0.4, 0.5) is 0 Å². The monoisotopic (exact) mass is 240 g/mol. The van der Waals surface area contributed by atoms with Crippen LogP contribution in [-0.2, 0) is 4.79 Å². The molecule has 2 atom stereocenters. The van der Waals surface area contributed by atoms with Gasteiger partial charge in [-0.1, -0.05) is 12.8 Å². The van der Waals surface area contributed by atoms with Gasteiger partial charge in [0.05, 0.1) is 0 Å². The van der Waals surface area contributed by atoms with Crippen molar-refractivity contribution in [2.75, 3.05) is 20.6 Å². The van der Waals surface area contributed by atoms with Gasteiger partial charge in [-0.05, 0) is 53.6 Å². The maximum absolute atomic E-state index is 12.3. The SMILES string of the molecule is CN(C)CC1CCCCC1C(=O)NC(C)(C)C. The molecule has 1 N–H and O–H groups in total. The van der Waals surface area contributed by atoms with Gasteiger partial charge in [-0.15, -0.1) is 0 Å². The highest BCUT2D eigenvalue weighted by molar-refractivity contribution is 5.79. The van der Waals surface area contributed by atoms with E-state index in [1.54, 1.807) is 0 Å². The molecule has 100 valence electrons. The van der Waals surface area contributed by atoms with E-state index in [1.807, 2.05) is 0 Å². The zero-order chi connectivity index (χ0) is 13.1. The molecule has 0 saturated heterocycles. The van der Waals surface area contributed by atoms with E-state index in [0.29, 0.717) is 5.92 Å². The summed E-state index contributed by atoms with van der Waals surface area (Å²) in [6, 6.07) is 0. The highest BCUT2D eigenvalue weighted by Crippen LogP contribution is 2.31. The summed E-state index contributed by atoms with van der Waals surface area (Å²) in [7, 11) is 4.18. The molecule has 3 heteroatoms. The van der Waals surface area contributed by atoms with Crippen LogP contribution in [0.15, 0.2) is 0 Å². The first kappa shape index (κ1) is 14.5. The third-order valence-electron chi connectivity index (χ3n) is 3.34. The average molecular weight is 240 g/mol. The standard InChI is InChI=1S/C14H28N2O/c1-14(2,3)15-13(17)12-9-7-6-8-11(12)10-16(4)5/h11-12H,6-10H2,1-5H3,(H,15,17). The molecule has 0 aliphatic heterocycles. The summed E-state index contributed by atoms with van der Waals surface area (Å²) in [6.45, 7) is 7.18. The molecular formula is C14H28N2O. The third kappa shape index (κ3) is 5.07. The Kier molecular flexibility index (Phi) is 4.99. The molecule has 0 aromatic rings. The lowest BCUT2D eigenvalue weighted by Crippen LogP contribution is -2.47. The van der Waals surface area contributed by atoms with E-state index in [1.165, 1.54) is 19.3 Å². The Hall–Kier alpha value is -0.570. The molecule has 0 aromatic carbocycles. The Balaban J connectivity index is 2.61. The topological polar surface area (TPSA) is 32.3 Å². The number of rotatable bonds is 3. The van der Waals surface area contributed by atoms with Crippen LogP contribution < -0.4 is 5.32 Å². The fourth-order valence-corrected chi connectivity index (χ4v) is 2.70. The van der Waals surface area contributed by atoms with Crippen LogP contribution in [0.25, 0.3) is 0 Å². The molecule has 17 heavy (non-hydrogen) atoms. The van der Waals surface area contributed by atoms with Crippen molar-refractivity contribution in [3.63, 3.8) is 0 Å². The van der Waals surface area contributed by atoms with Crippen LogP contribution in [0.5, 0.6) is 0 Å². The number of nitrogens with one attached hydrogen (secondary N) is 1. The Labute approximate surface area is 106 Å². The van der Waals surface area contributed by atoms with E-state index in [4.69, 9.17) is 0 Å². The first-order valence-corrected chi connectivity index (χ1v) is 6.76. The van der Waals surface area contributed by atoms with E-state index in [2.05, 4.69) is 45.1 Å². The highest BCUT2D eigenvalue weighted by atomic mass is 16.2. The molecule has 0 spiro atoms. The van der Waals surface area contributed by atoms with Gasteiger partial charge >= 0.3 is 0 Å². The minimum atomic E-state index is -0.114. The van der Waals surface area contributed by atoms with Crippen molar-refractivity contribution < 1.29 is 4.79 Å². The van der Waals surface area contributed by atoms with Crippen LogP contribution in [0.3, 0.4) is 0 Å². The minimum absolute atomic E-state index is 0.114. The van der Waals surface area contributed by atoms with Crippen molar-refractivity contribution in [3.05, 3.63) is 0 Å². The maximum Gasteiger partial charge on any atom is 0.223 e. The lowest BCUT2D eigenvalue weighted by Gasteiger charge is -2.34. The molecular weight excluding hydrogens is 212 g/mol. The van der Waals surface area contributed by atoms with Gasteiger partial charge in [-0.25, -0.2) is 0 Å². The van der Waals surface area contributed by atoms with E-state index in [-0.39, 0.29) is 17.4 Å². The summed E-state index contributed by atoms with van der Waals surface area (Å²) in [6.07, 6.45) is 4.73. The number of amides is 1. The predicted molar refractivity (Wildman–Crippen MR) is 71.9 cm³/mol. The summed E-state index contributed by atoms with van der Waals surface area (Å²) in [5, 5.41) is 3.13. The fourth-order valence-electron chi connectivity index (χ4n) is 2.70. The van der Waals surface area contributed by atoms with Gasteiger partial charge in [0, 0.05) is 18.0 Å². The molecule has 3 nitrogen and oxygen atoms in total. The second-order valence-corrected chi connectivity index (χ2v) is 6.65. The molecule has 0 aromatic heterocycles. The predicted octanol–water partition coefficient (Wildman–Crippen LogP) is 2.27. The van der Waals surface area contributed by atoms with Crippen molar-refractivity contribution in [1.29, 1.82) is 0 Å². The highest BCUT2D eigenvalue weighted by Gasteiger charge is 2.32. The van der Waals surface area contributed by atoms with Crippen LogP contribution in [0.1, 0.15) is 46.5 Å². The molecule has 1 aliphatic rings. The molecule has 0 bridgehead atoms. The molecule has 1 amide bonds. The summed E-state index contributed by atoms with van der Waals surface area (Å²) in [4.78, 5) is 14.5. The molecule has 0 heterocycles. The molecule has 1 aliphatic carbocycles. The van der Waals surface area contributed by atoms with Gasteiger partial charge < -0.3 is 10.2 Å². The zero-order valence-electron chi connectivity index (χ0n) is 12.0. The smallest absolute Gasteiger partial charge is 0.223 e. The van der Waals surface area contributed by atoms with Gasteiger partial charge in [-0.2, -0.15) is 0 Å². The molecule has 1 saturated carbocycles. The van der Waals surface area contributed by atoms with E-state index in [9.17, 15) is 4.79 Å². The quantitative estimate of drug-likeness (QED) is 0.821. The van der Waals surface area contributed by atoms with E-state index < -0.39 is 0 Å². The Bertz CT molecular complexity index is 255. The lowest BCUT2D eigenvalue weighted by atomic mass is 9.78. The van der Waals surface area contributed by atoms with Crippen LogP contribution in [0.2, 0.25) is 0 Å². The van der Waals surface area contributed by atoms with Crippen molar-refractivity contribution in [2.24, 2.45) is 11.8 Å². The number of carbonyl (C=O) groups excluding carboxylic acids is 1. The molecule has 1 fully saturated rings. The lowest BCUT2D eigenvalue weighted by molar-refractivity contribution is -0.129. The summed E-state index contributed by atoms with van der Waals surface area (Å²) < 4.78 is 0. The van der Waals surface area contributed by atoms with Crippen molar-refractivity contribution in [2.45, 2.75) is 52.0 Å². The van der Waals surface area contributed by atoms with Crippen LogP contribution in [0, 0.1) is 11.8 Å². The summed E-state index contributed by atoms with van der Waals surface area (Å²) >= 11 is 0. The van der Waals surface area contributed by atoms with Gasteiger partial charge in [0.15, 0.2) is 0 Å². The molecule has 1 rings (SSSR count).